The Labute approximate surface area is 83.4 Å². The molecule has 1 aliphatic heterocycles. The van der Waals surface area contributed by atoms with Gasteiger partial charge >= 0.3 is 0 Å². The molecule has 2 heterocycles. The molecular weight excluding hydrogens is 180 g/mol. The lowest BCUT2D eigenvalue weighted by atomic mass is 9.91. The largest absolute Gasteiger partial charge is 0.380 e. The van der Waals surface area contributed by atoms with Crippen LogP contribution in [0.2, 0.25) is 0 Å². The molecule has 0 aliphatic carbocycles. The minimum Gasteiger partial charge on any atom is -0.380 e. The summed E-state index contributed by atoms with van der Waals surface area (Å²) in [6, 6.07) is 2.11. The van der Waals surface area contributed by atoms with Crippen molar-refractivity contribution in [2.24, 2.45) is 11.7 Å². The summed E-state index contributed by atoms with van der Waals surface area (Å²) in [5.74, 6) is 1.34. The van der Waals surface area contributed by atoms with Crippen molar-refractivity contribution in [1.29, 1.82) is 0 Å². The number of ether oxygens (including phenoxy) is 1. The molecule has 14 heavy (non-hydrogen) atoms. The first-order chi connectivity index (χ1) is 6.75. The van der Waals surface area contributed by atoms with Crippen molar-refractivity contribution in [3.05, 3.63) is 17.5 Å². The molecular formula is C10H16N2O2. The molecule has 0 saturated carbocycles. The standard InChI is InChI=1S/C10H16N2O2/c1-7-4-9(12-14-7)5-8-2-3-13-6-10(8)11/h4,8,10H,2-3,5-6,11H2,1H3. The minimum atomic E-state index is 0.140. The topological polar surface area (TPSA) is 61.3 Å². The number of nitrogens with zero attached hydrogens (tertiary/aromatic N) is 1. The zero-order valence-electron chi connectivity index (χ0n) is 8.40. The zero-order chi connectivity index (χ0) is 9.97. The van der Waals surface area contributed by atoms with Gasteiger partial charge in [0.25, 0.3) is 0 Å². The molecule has 0 amide bonds. The molecule has 1 aromatic heterocycles. The molecule has 4 heteroatoms. The Morgan fingerprint density at radius 3 is 3.14 bits per heavy atom. The van der Waals surface area contributed by atoms with Crippen LogP contribution in [-0.4, -0.2) is 24.4 Å². The third-order valence-electron chi connectivity index (χ3n) is 2.70. The Hall–Kier alpha value is -0.870. The number of aromatic nitrogens is 1. The molecule has 4 nitrogen and oxygen atoms in total. The predicted octanol–water partition coefficient (Wildman–Crippen LogP) is 0.889. The highest BCUT2D eigenvalue weighted by molar-refractivity contribution is 5.05. The van der Waals surface area contributed by atoms with Crippen LogP contribution in [0.3, 0.4) is 0 Å². The third kappa shape index (κ3) is 2.13. The maximum absolute atomic E-state index is 5.95. The summed E-state index contributed by atoms with van der Waals surface area (Å²) in [6.07, 6.45) is 1.93. The van der Waals surface area contributed by atoms with E-state index in [-0.39, 0.29) is 6.04 Å². The van der Waals surface area contributed by atoms with Crippen molar-refractivity contribution in [2.75, 3.05) is 13.2 Å². The van der Waals surface area contributed by atoms with Gasteiger partial charge < -0.3 is 15.0 Å². The second-order valence-electron chi connectivity index (χ2n) is 3.92. The van der Waals surface area contributed by atoms with Crippen molar-refractivity contribution in [3.63, 3.8) is 0 Å². The Morgan fingerprint density at radius 2 is 2.50 bits per heavy atom. The molecule has 0 spiro atoms. The number of nitrogens with two attached hydrogens (primary N) is 1. The fourth-order valence-corrected chi connectivity index (χ4v) is 1.84. The van der Waals surface area contributed by atoms with E-state index in [1.807, 2.05) is 13.0 Å². The first-order valence-corrected chi connectivity index (χ1v) is 5.01. The highest BCUT2D eigenvalue weighted by atomic mass is 16.5. The van der Waals surface area contributed by atoms with E-state index in [0.717, 1.165) is 30.9 Å². The van der Waals surface area contributed by atoms with Gasteiger partial charge in [-0.05, 0) is 25.7 Å². The van der Waals surface area contributed by atoms with E-state index in [1.54, 1.807) is 0 Å². The molecule has 1 saturated heterocycles. The summed E-state index contributed by atoms with van der Waals surface area (Å²) in [6.45, 7) is 3.39. The molecule has 1 aliphatic rings. The smallest absolute Gasteiger partial charge is 0.133 e. The fraction of sp³-hybridized carbons (Fsp3) is 0.700. The SMILES string of the molecule is Cc1cc(CC2CCOCC2N)no1. The molecule has 0 bridgehead atoms. The van der Waals surface area contributed by atoms with Gasteiger partial charge in [0.05, 0.1) is 12.3 Å². The van der Waals surface area contributed by atoms with E-state index in [2.05, 4.69) is 5.16 Å². The van der Waals surface area contributed by atoms with E-state index in [4.69, 9.17) is 15.0 Å². The molecule has 78 valence electrons. The normalized spacial score (nSPS) is 27.9. The fourth-order valence-electron chi connectivity index (χ4n) is 1.84. The van der Waals surface area contributed by atoms with Crippen LogP contribution in [0.4, 0.5) is 0 Å². The molecule has 2 rings (SSSR count). The summed E-state index contributed by atoms with van der Waals surface area (Å²) < 4.78 is 10.3. The number of hydrogen-bond acceptors (Lipinski definition) is 4. The number of hydrogen-bond donors (Lipinski definition) is 1. The first-order valence-electron chi connectivity index (χ1n) is 5.01. The molecule has 0 aromatic carbocycles. The predicted molar refractivity (Wildman–Crippen MR) is 51.8 cm³/mol. The second kappa shape index (κ2) is 4.11. The van der Waals surface area contributed by atoms with Gasteiger partial charge in [-0.25, -0.2) is 0 Å². The van der Waals surface area contributed by atoms with Crippen LogP contribution in [0.25, 0.3) is 0 Å². The highest BCUT2D eigenvalue weighted by Crippen LogP contribution is 2.19. The van der Waals surface area contributed by atoms with Crippen LogP contribution in [0, 0.1) is 12.8 Å². The van der Waals surface area contributed by atoms with E-state index >= 15 is 0 Å². The van der Waals surface area contributed by atoms with Crippen molar-refractivity contribution < 1.29 is 9.26 Å². The van der Waals surface area contributed by atoms with Crippen LogP contribution in [0.5, 0.6) is 0 Å². The number of aryl methyl sites for hydroxylation is 1. The van der Waals surface area contributed by atoms with Gasteiger partial charge in [-0.15, -0.1) is 0 Å². The molecule has 2 N–H and O–H groups in total. The van der Waals surface area contributed by atoms with E-state index in [1.165, 1.54) is 0 Å². The van der Waals surface area contributed by atoms with Gasteiger partial charge in [0.2, 0.25) is 0 Å². The summed E-state index contributed by atoms with van der Waals surface area (Å²) in [5.41, 5.74) is 6.95. The lowest BCUT2D eigenvalue weighted by molar-refractivity contribution is 0.0487. The summed E-state index contributed by atoms with van der Waals surface area (Å²) in [7, 11) is 0. The van der Waals surface area contributed by atoms with Gasteiger partial charge in [0.1, 0.15) is 5.76 Å². The Kier molecular flexibility index (Phi) is 2.84. The summed E-state index contributed by atoms with van der Waals surface area (Å²) in [4.78, 5) is 0. The zero-order valence-corrected chi connectivity index (χ0v) is 8.40. The van der Waals surface area contributed by atoms with Crippen molar-refractivity contribution in [3.8, 4) is 0 Å². The third-order valence-corrected chi connectivity index (χ3v) is 2.70. The van der Waals surface area contributed by atoms with E-state index in [0.29, 0.717) is 12.5 Å². The lowest BCUT2D eigenvalue weighted by Gasteiger charge is -2.27. The van der Waals surface area contributed by atoms with Crippen molar-refractivity contribution >= 4 is 0 Å². The quantitative estimate of drug-likeness (QED) is 0.763. The molecule has 0 radical (unpaired) electrons. The Morgan fingerprint density at radius 1 is 1.64 bits per heavy atom. The monoisotopic (exact) mass is 196 g/mol. The highest BCUT2D eigenvalue weighted by Gasteiger charge is 2.23. The van der Waals surface area contributed by atoms with Gasteiger partial charge in [0, 0.05) is 18.7 Å². The van der Waals surface area contributed by atoms with Crippen LogP contribution in [0.15, 0.2) is 10.6 Å². The van der Waals surface area contributed by atoms with E-state index in [9.17, 15) is 0 Å². The Balaban J connectivity index is 1.95. The van der Waals surface area contributed by atoms with Crippen molar-refractivity contribution in [1.82, 2.24) is 5.16 Å². The summed E-state index contributed by atoms with van der Waals surface area (Å²) >= 11 is 0. The van der Waals surface area contributed by atoms with Crippen LogP contribution in [0.1, 0.15) is 17.9 Å². The summed E-state index contributed by atoms with van der Waals surface area (Å²) in [5, 5.41) is 3.97. The molecule has 1 aromatic rings. The van der Waals surface area contributed by atoms with Gasteiger partial charge in [-0.3, -0.25) is 0 Å². The maximum Gasteiger partial charge on any atom is 0.133 e. The maximum atomic E-state index is 5.95. The van der Waals surface area contributed by atoms with Crippen LogP contribution in [-0.2, 0) is 11.2 Å². The van der Waals surface area contributed by atoms with Crippen LogP contribution < -0.4 is 5.73 Å². The Bertz CT molecular complexity index is 298. The van der Waals surface area contributed by atoms with Gasteiger partial charge in [0.15, 0.2) is 0 Å². The van der Waals surface area contributed by atoms with Gasteiger partial charge in [-0.1, -0.05) is 5.16 Å². The first kappa shape index (κ1) is 9.68. The lowest BCUT2D eigenvalue weighted by Crippen LogP contribution is -2.40. The minimum absolute atomic E-state index is 0.140. The molecule has 1 fully saturated rings. The van der Waals surface area contributed by atoms with Gasteiger partial charge in [-0.2, -0.15) is 0 Å². The van der Waals surface area contributed by atoms with E-state index < -0.39 is 0 Å². The molecule has 2 atom stereocenters. The number of rotatable bonds is 2. The van der Waals surface area contributed by atoms with Crippen LogP contribution >= 0.6 is 0 Å². The average Bonchev–Trinajstić information content (AvgIpc) is 2.56. The molecule has 2 unspecified atom stereocenters. The van der Waals surface area contributed by atoms with Crippen molar-refractivity contribution in [2.45, 2.75) is 25.8 Å². The average molecular weight is 196 g/mol. The second-order valence-corrected chi connectivity index (χ2v) is 3.92.